The van der Waals surface area contributed by atoms with Gasteiger partial charge in [-0.3, -0.25) is 14.5 Å². The third-order valence-corrected chi connectivity index (χ3v) is 4.57. The van der Waals surface area contributed by atoms with Crippen molar-refractivity contribution in [2.45, 2.75) is 57.2 Å². The minimum absolute atomic E-state index is 0.0189. The minimum Gasteiger partial charge on any atom is -0.303 e. The van der Waals surface area contributed by atoms with Gasteiger partial charge >= 0.3 is 0 Å². The van der Waals surface area contributed by atoms with Gasteiger partial charge in [-0.15, -0.1) is 0 Å². The van der Waals surface area contributed by atoms with Crippen LogP contribution in [0, 0.1) is 0 Å². The van der Waals surface area contributed by atoms with E-state index in [0.29, 0.717) is 12.5 Å². The topological polar surface area (TPSA) is 52.7 Å². The molecule has 0 radical (unpaired) electrons. The molecule has 3 aliphatic rings. The monoisotopic (exact) mass is 265 g/mol. The summed E-state index contributed by atoms with van der Waals surface area (Å²) in [6.07, 6.45) is 4.52. The van der Waals surface area contributed by atoms with Crippen molar-refractivity contribution in [2.24, 2.45) is 0 Å². The first-order valence-corrected chi connectivity index (χ1v) is 7.53. The molecule has 5 heteroatoms. The first-order valence-electron chi connectivity index (χ1n) is 7.53. The lowest BCUT2D eigenvalue weighted by molar-refractivity contribution is -0.139. The van der Waals surface area contributed by atoms with Crippen molar-refractivity contribution in [3.8, 4) is 0 Å². The number of likely N-dealkylation sites (tertiary alicyclic amines) is 2. The van der Waals surface area contributed by atoms with Crippen LogP contribution in [0.5, 0.6) is 0 Å². The lowest BCUT2D eigenvalue weighted by Crippen LogP contribution is -2.48. The zero-order valence-electron chi connectivity index (χ0n) is 11.6. The molecule has 2 saturated heterocycles. The highest BCUT2D eigenvalue weighted by atomic mass is 16.2. The highest BCUT2D eigenvalue weighted by Crippen LogP contribution is 2.31. The molecule has 1 N–H and O–H groups in total. The van der Waals surface area contributed by atoms with E-state index in [1.165, 1.54) is 4.90 Å². The normalized spacial score (nSPS) is 30.4. The number of nitrogens with one attached hydrogen (secondary N) is 1. The standard InChI is InChI=1S/C14H23N3O2/c1-2-16-7-5-10(6-8-16)15-12-9-13(18)17(14(12)19)11-3-4-11/h10-12,15H,2-9H2,1H3. The SMILES string of the molecule is CCN1CCC(NC2CC(=O)N(C3CC3)C2=O)CC1. The molecular formula is C14H23N3O2. The van der Waals surface area contributed by atoms with Crippen LogP contribution in [0.4, 0.5) is 0 Å². The number of hydrogen-bond acceptors (Lipinski definition) is 4. The van der Waals surface area contributed by atoms with Crippen molar-refractivity contribution in [1.82, 2.24) is 15.1 Å². The van der Waals surface area contributed by atoms with Gasteiger partial charge in [0.25, 0.3) is 0 Å². The van der Waals surface area contributed by atoms with E-state index >= 15 is 0 Å². The van der Waals surface area contributed by atoms with Gasteiger partial charge in [-0.25, -0.2) is 0 Å². The molecule has 0 spiro atoms. The Morgan fingerprint density at radius 1 is 1.16 bits per heavy atom. The number of carbonyl (C=O) groups is 2. The Kier molecular flexibility index (Phi) is 3.58. The number of amides is 2. The van der Waals surface area contributed by atoms with Crippen LogP contribution in [-0.4, -0.2) is 59.4 Å². The van der Waals surface area contributed by atoms with Crippen LogP contribution < -0.4 is 5.32 Å². The first-order chi connectivity index (χ1) is 9.19. The van der Waals surface area contributed by atoms with E-state index in [2.05, 4.69) is 17.1 Å². The lowest BCUT2D eigenvalue weighted by Gasteiger charge is -2.32. The van der Waals surface area contributed by atoms with Crippen molar-refractivity contribution in [1.29, 1.82) is 0 Å². The van der Waals surface area contributed by atoms with E-state index in [9.17, 15) is 9.59 Å². The zero-order valence-corrected chi connectivity index (χ0v) is 11.6. The molecule has 2 heterocycles. The molecule has 0 aromatic rings. The van der Waals surface area contributed by atoms with Crippen molar-refractivity contribution >= 4 is 11.8 Å². The van der Waals surface area contributed by atoms with Crippen molar-refractivity contribution in [3.05, 3.63) is 0 Å². The van der Waals surface area contributed by atoms with Crippen LogP contribution >= 0.6 is 0 Å². The van der Waals surface area contributed by atoms with E-state index in [1.54, 1.807) is 0 Å². The maximum absolute atomic E-state index is 12.2. The number of imide groups is 1. The summed E-state index contributed by atoms with van der Waals surface area (Å²) < 4.78 is 0. The lowest BCUT2D eigenvalue weighted by atomic mass is 10.0. The predicted molar refractivity (Wildman–Crippen MR) is 71.6 cm³/mol. The van der Waals surface area contributed by atoms with Crippen LogP contribution in [0.25, 0.3) is 0 Å². The fourth-order valence-electron chi connectivity index (χ4n) is 3.20. The van der Waals surface area contributed by atoms with E-state index in [0.717, 1.165) is 45.3 Å². The second-order valence-corrected chi connectivity index (χ2v) is 5.97. The fourth-order valence-corrected chi connectivity index (χ4v) is 3.20. The summed E-state index contributed by atoms with van der Waals surface area (Å²) in [6, 6.07) is 0.351. The Morgan fingerprint density at radius 3 is 2.42 bits per heavy atom. The zero-order chi connectivity index (χ0) is 13.4. The number of nitrogens with zero attached hydrogens (tertiary/aromatic N) is 2. The Labute approximate surface area is 114 Å². The molecule has 0 aromatic carbocycles. The van der Waals surface area contributed by atoms with Gasteiger partial charge in [-0.05, 0) is 45.3 Å². The Hall–Kier alpha value is -0.940. The van der Waals surface area contributed by atoms with Crippen molar-refractivity contribution in [2.75, 3.05) is 19.6 Å². The summed E-state index contributed by atoms with van der Waals surface area (Å²) in [5, 5.41) is 3.42. The summed E-state index contributed by atoms with van der Waals surface area (Å²) in [6.45, 7) is 5.47. The second-order valence-electron chi connectivity index (χ2n) is 5.97. The summed E-state index contributed by atoms with van der Waals surface area (Å²) >= 11 is 0. The van der Waals surface area contributed by atoms with E-state index in [1.807, 2.05) is 0 Å². The summed E-state index contributed by atoms with van der Waals surface area (Å²) in [7, 11) is 0. The molecule has 0 bridgehead atoms. The first kappa shape index (κ1) is 13.1. The average molecular weight is 265 g/mol. The van der Waals surface area contributed by atoms with Gasteiger partial charge in [0.15, 0.2) is 0 Å². The molecule has 0 aromatic heterocycles. The van der Waals surface area contributed by atoms with Gasteiger partial charge < -0.3 is 10.2 Å². The average Bonchev–Trinajstić information content (AvgIpc) is 3.19. The molecule has 19 heavy (non-hydrogen) atoms. The summed E-state index contributed by atoms with van der Waals surface area (Å²) in [5.41, 5.74) is 0. The van der Waals surface area contributed by atoms with Crippen molar-refractivity contribution in [3.63, 3.8) is 0 Å². The maximum Gasteiger partial charge on any atom is 0.247 e. The summed E-state index contributed by atoms with van der Waals surface area (Å²) in [4.78, 5) is 28.0. The Balaban J connectivity index is 1.53. The maximum atomic E-state index is 12.2. The molecule has 1 aliphatic carbocycles. The molecular weight excluding hydrogens is 242 g/mol. The molecule has 1 unspecified atom stereocenters. The smallest absolute Gasteiger partial charge is 0.247 e. The van der Waals surface area contributed by atoms with Crippen LogP contribution in [-0.2, 0) is 9.59 Å². The molecule has 3 rings (SSSR count). The molecule has 106 valence electrons. The largest absolute Gasteiger partial charge is 0.303 e. The van der Waals surface area contributed by atoms with Crippen LogP contribution in [0.3, 0.4) is 0 Å². The minimum atomic E-state index is -0.258. The van der Waals surface area contributed by atoms with Gasteiger partial charge in [0.2, 0.25) is 11.8 Å². The highest BCUT2D eigenvalue weighted by Gasteiger charge is 2.46. The molecule has 1 saturated carbocycles. The van der Waals surface area contributed by atoms with Gasteiger partial charge in [-0.2, -0.15) is 0 Å². The van der Waals surface area contributed by atoms with Crippen molar-refractivity contribution < 1.29 is 9.59 Å². The van der Waals surface area contributed by atoms with Gasteiger partial charge in [-0.1, -0.05) is 6.92 Å². The molecule has 3 fully saturated rings. The number of piperidine rings is 1. The highest BCUT2D eigenvalue weighted by molar-refractivity contribution is 6.06. The molecule has 2 amide bonds. The van der Waals surface area contributed by atoms with Crippen LogP contribution in [0.2, 0.25) is 0 Å². The van der Waals surface area contributed by atoms with Gasteiger partial charge in [0, 0.05) is 12.1 Å². The Bertz CT molecular complexity index is 373. The van der Waals surface area contributed by atoms with E-state index in [-0.39, 0.29) is 23.9 Å². The van der Waals surface area contributed by atoms with E-state index in [4.69, 9.17) is 0 Å². The summed E-state index contributed by atoms with van der Waals surface area (Å²) in [5.74, 6) is 0.0430. The fraction of sp³-hybridized carbons (Fsp3) is 0.857. The van der Waals surface area contributed by atoms with Gasteiger partial charge in [0.1, 0.15) is 0 Å². The molecule has 5 nitrogen and oxygen atoms in total. The molecule has 1 atom stereocenters. The number of carbonyl (C=O) groups excluding carboxylic acids is 2. The third kappa shape index (κ3) is 2.67. The third-order valence-electron chi connectivity index (χ3n) is 4.57. The van der Waals surface area contributed by atoms with Crippen LogP contribution in [0.1, 0.15) is 39.0 Å². The number of hydrogen-bond donors (Lipinski definition) is 1. The number of rotatable bonds is 4. The molecule has 2 aliphatic heterocycles. The van der Waals surface area contributed by atoms with E-state index < -0.39 is 0 Å². The second kappa shape index (κ2) is 5.21. The van der Waals surface area contributed by atoms with Crippen LogP contribution in [0.15, 0.2) is 0 Å². The quantitative estimate of drug-likeness (QED) is 0.745. The Morgan fingerprint density at radius 2 is 1.84 bits per heavy atom. The predicted octanol–water partition coefficient (Wildman–Crippen LogP) is 0.350. The van der Waals surface area contributed by atoms with Gasteiger partial charge in [0.05, 0.1) is 12.5 Å².